The lowest BCUT2D eigenvalue weighted by molar-refractivity contribution is 0.0652. The van der Waals surface area contributed by atoms with Gasteiger partial charge in [0.2, 0.25) is 5.76 Å². The number of aromatic nitrogens is 1. The maximum atomic E-state index is 10.7. The van der Waals surface area contributed by atoms with Crippen LogP contribution in [0.3, 0.4) is 0 Å². The summed E-state index contributed by atoms with van der Waals surface area (Å²) in [7, 11) is 0. The highest BCUT2D eigenvalue weighted by atomic mass is 79.9. The maximum Gasteiger partial charge on any atom is 0.374 e. The number of carboxylic acids is 1. The quantitative estimate of drug-likeness (QED) is 0.890. The molecule has 1 aromatic carbocycles. The van der Waals surface area contributed by atoms with Crippen LogP contribution >= 0.6 is 15.9 Å². The summed E-state index contributed by atoms with van der Waals surface area (Å²) in [5.74, 6) is -1.44. The highest BCUT2D eigenvalue weighted by Crippen LogP contribution is 2.35. The van der Waals surface area contributed by atoms with E-state index in [9.17, 15) is 9.90 Å². The number of benzene rings is 1. The van der Waals surface area contributed by atoms with Crippen LogP contribution in [0.5, 0.6) is 5.75 Å². The van der Waals surface area contributed by atoms with Gasteiger partial charge in [0.15, 0.2) is 0 Å². The van der Waals surface area contributed by atoms with Crippen LogP contribution in [0.4, 0.5) is 0 Å². The molecule has 2 rings (SSSR count). The Kier molecular flexibility index (Phi) is 2.89. The molecule has 0 amide bonds. The average Bonchev–Trinajstić information content (AvgIpc) is 2.73. The zero-order valence-corrected chi connectivity index (χ0v) is 10.4. The van der Waals surface area contributed by atoms with Gasteiger partial charge in [0.25, 0.3) is 0 Å². The van der Waals surface area contributed by atoms with E-state index in [0.717, 1.165) is 10.0 Å². The molecule has 0 bridgehead atoms. The summed E-state index contributed by atoms with van der Waals surface area (Å²) in [5, 5.41) is 22.1. The van der Waals surface area contributed by atoms with Crippen molar-refractivity contribution in [2.45, 2.75) is 6.92 Å². The third kappa shape index (κ3) is 2.03. The van der Waals surface area contributed by atoms with E-state index in [4.69, 9.17) is 5.11 Å². The highest BCUT2D eigenvalue weighted by molar-refractivity contribution is 9.10. The zero-order chi connectivity index (χ0) is 12.6. The molecule has 2 aromatic rings. The summed E-state index contributed by atoms with van der Waals surface area (Å²) in [5.41, 5.74) is 1.50. The number of nitrogens with zero attached hydrogens (tertiary/aromatic N) is 1. The van der Waals surface area contributed by atoms with Gasteiger partial charge in [0, 0.05) is 16.1 Å². The fourth-order valence-corrected chi connectivity index (χ4v) is 1.82. The number of hydrogen-bond acceptors (Lipinski definition) is 4. The van der Waals surface area contributed by atoms with Crippen LogP contribution < -0.4 is 0 Å². The van der Waals surface area contributed by atoms with Gasteiger partial charge in [-0.25, -0.2) is 4.79 Å². The monoisotopic (exact) mass is 297 g/mol. The molecule has 0 aliphatic rings. The second-order valence-electron chi connectivity index (χ2n) is 3.45. The molecule has 2 N–H and O–H groups in total. The normalized spacial score (nSPS) is 10.5. The molecule has 0 saturated carbocycles. The van der Waals surface area contributed by atoms with Crippen LogP contribution in [0.1, 0.15) is 16.1 Å². The predicted octanol–water partition coefficient (Wildman–Crippen LogP) is 2.82. The average molecular weight is 298 g/mol. The Balaban J connectivity index is 2.60. The summed E-state index contributed by atoms with van der Waals surface area (Å²) in [6.07, 6.45) is 0. The number of aromatic hydroxyl groups is 1. The Morgan fingerprint density at radius 1 is 1.47 bits per heavy atom. The predicted molar refractivity (Wildman–Crippen MR) is 63.0 cm³/mol. The summed E-state index contributed by atoms with van der Waals surface area (Å²) >= 11 is 3.33. The topological polar surface area (TPSA) is 83.6 Å². The van der Waals surface area contributed by atoms with Crippen molar-refractivity contribution in [3.8, 4) is 17.0 Å². The molecule has 5 nitrogen and oxygen atoms in total. The smallest absolute Gasteiger partial charge is 0.374 e. The van der Waals surface area contributed by atoms with Gasteiger partial charge in [-0.1, -0.05) is 21.1 Å². The van der Waals surface area contributed by atoms with E-state index < -0.39 is 5.97 Å². The summed E-state index contributed by atoms with van der Waals surface area (Å²) in [6, 6.07) is 4.48. The minimum atomic E-state index is -1.20. The molecule has 0 spiro atoms. The SMILES string of the molecule is Cc1c(Br)ccc(O)c1-c1cc(C(=O)O)on1. The fraction of sp³-hybridized carbons (Fsp3) is 0.0909. The lowest BCUT2D eigenvalue weighted by Gasteiger charge is -2.06. The number of phenolic OH excluding ortho intramolecular Hbond substituents is 1. The number of rotatable bonds is 2. The third-order valence-corrected chi connectivity index (χ3v) is 3.21. The van der Waals surface area contributed by atoms with Crippen molar-refractivity contribution >= 4 is 21.9 Å². The Morgan fingerprint density at radius 2 is 2.18 bits per heavy atom. The van der Waals surface area contributed by atoms with E-state index in [1.165, 1.54) is 12.1 Å². The number of phenols is 1. The van der Waals surface area contributed by atoms with Crippen LogP contribution in [-0.2, 0) is 0 Å². The molecule has 0 aliphatic carbocycles. The largest absolute Gasteiger partial charge is 0.507 e. The number of carboxylic acid groups (broad SMARTS) is 1. The first-order chi connectivity index (χ1) is 8.00. The van der Waals surface area contributed by atoms with E-state index in [0.29, 0.717) is 11.3 Å². The summed E-state index contributed by atoms with van der Waals surface area (Å²) in [4.78, 5) is 10.7. The van der Waals surface area contributed by atoms with Crippen LogP contribution in [0.15, 0.2) is 27.2 Å². The molecule has 88 valence electrons. The van der Waals surface area contributed by atoms with E-state index >= 15 is 0 Å². The molecule has 17 heavy (non-hydrogen) atoms. The minimum Gasteiger partial charge on any atom is -0.507 e. The highest BCUT2D eigenvalue weighted by Gasteiger charge is 2.17. The van der Waals surface area contributed by atoms with Crippen LogP contribution in [0.2, 0.25) is 0 Å². The zero-order valence-electron chi connectivity index (χ0n) is 8.77. The second kappa shape index (κ2) is 4.21. The van der Waals surface area contributed by atoms with Crippen LogP contribution in [-0.4, -0.2) is 21.3 Å². The standard InChI is InChI=1S/C11H8BrNO4/c1-5-6(12)2-3-8(14)10(5)7-4-9(11(15)16)17-13-7/h2-4,14H,1H3,(H,15,16). The molecule has 0 unspecified atom stereocenters. The molecule has 0 atom stereocenters. The first-order valence-corrected chi connectivity index (χ1v) is 5.48. The van der Waals surface area contributed by atoms with Crippen molar-refractivity contribution in [2.24, 2.45) is 0 Å². The van der Waals surface area contributed by atoms with Crippen molar-refractivity contribution in [1.82, 2.24) is 5.16 Å². The Bertz CT molecular complexity index is 591. The molecule has 6 heteroatoms. The Morgan fingerprint density at radius 3 is 2.76 bits per heavy atom. The van der Waals surface area contributed by atoms with Gasteiger partial charge in [0.05, 0.1) is 0 Å². The maximum absolute atomic E-state index is 10.7. The first-order valence-electron chi connectivity index (χ1n) is 4.69. The Hall–Kier alpha value is -1.82. The molecule has 0 saturated heterocycles. The van der Waals surface area contributed by atoms with E-state index in [-0.39, 0.29) is 11.5 Å². The number of hydrogen-bond donors (Lipinski definition) is 2. The minimum absolute atomic E-state index is 0.0240. The van der Waals surface area contributed by atoms with Gasteiger partial charge in [-0.2, -0.15) is 0 Å². The molecule has 0 fully saturated rings. The van der Waals surface area contributed by atoms with Gasteiger partial charge in [-0.15, -0.1) is 0 Å². The molecule has 1 aromatic heterocycles. The molecular weight excluding hydrogens is 290 g/mol. The van der Waals surface area contributed by atoms with Gasteiger partial charge in [-0.05, 0) is 24.6 Å². The van der Waals surface area contributed by atoms with Crippen molar-refractivity contribution < 1.29 is 19.5 Å². The van der Waals surface area contributed by atoms with Crippen LogP contribution in [0.25, 0.3) is 11.3 Å². The Labute approximate surface area is 105 Å². The number of halogens is 1. The van der Waals surface area contributed by atoms with Gasteiger partial charge in [-0.3, -0.25) is 0 Å². The van der Waals surface area contributed by atoms with Crippen molar-refractivity contribution in [2.75, 3.05) is 0 Å². The third-order valence-electron chi connectivity index (χ3n) is 2.35. The van der Waals surface area contributed by atoms with Gasteiger partial charge < -0.3 is 14.7 Å². The lowest BCUT2D eigenvalue weighted by Crippen LogP contribution is -1.91. The first kappa shape index (κ1) is 11.7. The molecule has 1 heterocycles. The molecular formula is C11H8BrNO4. The molecule has 0 aliphatic heterocycles. The van der Waals surface area contributed by atoms with Crippen molar-refractivity contribution in [3.63, 3.8) is 0 Å². The summed E-state index contributed by atoms with van der Waals surface area (Å²) < 4.78 is 5.45. The fourth-order valence-electron chi connectivity index (χ4n) is 1.49. The van der Waals surface area contributed by atoms with E-state index in [2.05, 4.69) is 25.6 Å². The number of aromatic carboxylic acids is 1. The summed E-state index contributed by atoms with van der Waals surface area (Å²) in [6.45, 7) is 1.79. The van der Waals surface area contributed by atoms with Gasteiger partial charge >= 0.3 is 5.97 Å². The lowest BCUT2D eigenvalue weighted by atomic mass is 10.0. The van der Waals surface area contributed by atoms with Crippen molar-refractivity contribution in [1.29, 1.82) is 0 Å². The second-order valence-corrected chi connectivity index (χ2v) is 4.30. The van der Waals surface area contributed by atoms with Crippen molar-refractivity contribution in [3.05, 3.63) is 34.0 Å². The number of carbonyl (C=O) groups is 1. The molecule has 0 radical (unpaired) electrons. The van der Waals surface area contributed by atoms with E-state index in [1.807, 2.05) is 0 Å². The van der Waals surface area contributed by atoms with E-state index in [1.54, 1.807) is 13.0 Å². The van der Waals surface area contributed by atoms with Gasteiger partial charge in [0.1, 0.15) is 11.4 Å². The van der Waals surface area contributed by atoms with Crippen LogP contribution in [0, 0.1) is 6.92 Å².